The summed E-state index contributed by atoms with van der Waals surface area (Å²) in [5.74, 6) is -0.242. The molecule has 0 aromatic carbocycles. The average Bonchev–Trinajstić information content (AvgIpc) is 2.42. The highest BCUT2D eigenvalue weighted by Gasteiger charge is 2.18. The minimum atomic E-state index is -0.900. The zero-order valence-electron chi connectivity index (χ0n) is 8.11. The van der Waals surface area contributed by atoms with Gasteiger partial charge >= 0.3 is 0 Å². The summed E-state index contributed by atoms with van der Waals surface area (Å²) in [6.07, 6.45) is 1.17. The summed E-state index contributed by atoms with van der Waals surface area (Å²) in [6, 6.07) is 0. The van der Waals surface area contributed by atoms with E-state index in [1.807, 2.05) is 0 Å². The van der Waals surface area contributed by atoms with Crippen LogP contribution < -0.4 is 0 Å². The molecule has 0 fully saturated rings. The van der Waals surface area contributed by atoms with Crippen molar-refractivity contribution in [2.45, 2.75) is 26.4 Å². The third-order valence-corrected chi connectivity index (χ3v) is 1.97. The van der Waals surface area contributed by atoms with E-state index in [9.17, 15) is 9.90 Å². The van der Waals surface area contributed by atoms with Crippen LogP contribution in [0.15, 0.2) is 6.20 Å². The van der Waals surface area contributed by atoms with Crippen molar-refractivity contribution in [3.05, 3.63) is 17.5 Å². The molecule has 0 radical (unpaired) electrons. The maximum Gasteiger partial charge on any atom is 0.194 e. The zero-order chi connectivity index (χ0) is 10.0. The first-order valence-electron chi connectivity index (χ1n) is 4.28. The van der Waals surface area contributed by atoms with Crippen LogP contribution in [0.1, 0.15) is 29.4 Å². The molecule has 13 heavy (non-hydrogen) atoms. The van der Waals surface area contributed by atoms with E-state index in [1.54, 1.807) is 31.8 Å². The lowest BCUT2D eigenvalue weighted by atomic mass is 10.1. The number of aryl methyl sites for hydroxylation is 2. The van der Waals surface area contributed by atoms with Gasteiger partial charge in [0.1, 0.15) is 6.10 Å². The van der Waals surface area contributed by atoms with Crippen LogP contribution in [0, 0.1) is 6.92 Å². The zero-order valence-corrected chi connectivity index (χ0v) is 8.11. The van der Waals surface area contributed by atoms with Gasteiger partial charge in [0.15, 0.2) is 5.78 Å². The van der Waals surface area contributed by atoms with Crippen LogP contribution in [-0.4, -0.2) is 26.8 Å². The smallest absolute Gasteiger partial charge is 0.194 e. The van der Waals surface area contributed by atoms with Crippen molar-refractivity contribution in [3.63, 3.8) is 0 Å². The molecule has 1 N–H and O–H groups in total. The van der Waals surface area contributed by atoms with Gasteiger partial charge in [-0.25, -0.2) is 0 Å². The number of aromatic nitrogens is 2. The van der Waals surface area contributed by atoms with E-state index in [0.29, 0.717) is 17.7 Å². The van der Waals surface area contributed by atoms with Crippen molar-refractivity contribution in [3.8, 4) is 0 Å². The molecule has 1 aromatic rings. The highest BCUT2D eigenvalue weighted by Crippen LogP contribution is 2.09. The minimum Gasteiger partial charge on any atom is -0.385 e. The van der Waals surface area contributed by atoms with Gasteiger partial charge in [-0.1, -0.05) is 6.92 Å². The number of Topliss-reactive ketones (excluding diaryl/α,β-unsaturated/α-hetero) is 1. The molecule has 0 aliphatic heterocycles. The Bertz CT molecular complexity index is 317. The second-order valence-electron chi connectivity index (χ2n) is 3.09. The van der Waals surface area contributed by atoms with Crippen molar-refractivity contribution in [2.24, 2.45) is 7.05 Å². The number of aliphatic hydroxyl groups is 1. The van der Waals surface area contributed by atoms with Crippen molar-refractivity contribution >= 4 is 5.78 Å². The molecule has 4 nitrogen and oxygen atoms in total. The second kappa shape index (κ2) is 3.70. The molecule has 1 rings (SSSR count). The molecule has 0 amide bonds. The molecule has 0 bridgehead atoms. The molecule has 4 heteroatoms. The third-order valence-electron chi connectivity index (χ3n) is 1.97. The first kappa shape index (κ1) is 9.92. The summed E-state index contributed by atoms with van der Waals surface area (Å²) in [5, 5.41) is 13.4. The van der Waals surface area contributed by atoms with E-state index < -0.39 is 6.10 Å². The fourth-order valence-electron chi connectivity index (χ4n) is 1.21. The maximum atomic E-state index is 11.5. The summed E-state index contributed by atoms with van der Waals surface area (Å²) in [7, 11) is 1.75. The Labute approximate surface area is 77.2 Å². The number of aliphatic hydroxyl groups excluding tert-OH is 1. The lowest BCUT2D eigenvalue weighted by molar-refractivity contribution is 0.0740. The first-order chi connectivity index (χ1) is 6.06. The first-order valence-corrected chi connectivity index (χ1v) is 4.28. The van der Waals surface area contributed by atoms with Gasteiger partial charge < -0.3 is 5.11 Å². The predicted molar refractivity (Wildman–Crippen MR) is 48.6 cm³/mol. The molecular weight excluding hydrogens is 168 g/mol. The van der Waals surface area contributed by atoms with Gasteiger partial charge in [-0.2, -0.15) is 5.10 Å². The molecule has 1 heterocycles. The topological polar surface area (TPSA) is 55.1 Å². The quantitative estimate of drug-likeness (QED) is 0.699. The summed E-state index contributed by atoms with van der Waals surface area (Å²) >= 11 is 0. The van der Waals surface area contributed by atoms with Crippen LogP contribution >= 0.6 is 0 Å². The molecule has 1 unspecified atom stereocenters. The highest BCUT2D eigenvalue weighted by molar-refractivity contribution is 5.99. The van der Waals surface area contributed by atoms with E-state index in [4.69, 9.17) is 0 Å². The van der Waals surface area contributed by atoms with E-state index in [2.05, 4.69) is 5.10 Å². The van der Waals surface area contributed by atoms with Gasteiger partial charge in [0, 0.05) is 13.2 Å². The van der Waals surface area contributed by atoms with Crippen LogP contribution in [0.4, 0.5) is 0 Å². The number of hydrogen-bond acceptors (Lipinski definition) is 3. The number of rotatable bonds is 3. The van der Waals surface area contributed by atoms with E-state index in [-0.39, 0.29) is 5.78 Å². The SMILES string of the molecule is CCC(O)C(=O)c1cn(C)nc1C. The van der Waals surface area contributed by atoms with Gasteiger partial charge in [0.05, 0.1) is 11.3 Å². The summed E-state index contributed by atoms with van der Waals surface area (Å²) in [4.78, 5) is 11.5. The number of carbonyl (C=O) groups is 1. The normalized spacial score (nSPS) is 12.9. The third kappa shape index (κ3) is 1.95. The average molecular weight is 182 g/mol. The summed E-state index contributed by atoms with van der Waals surface area (Å²) < 4.78 is 1.57. The van der Waals surface area contributed by atoms with Gasteiger partial charge in [0.25, 0.3) is 0 Å². The molecule has 72 valence electrons. The molecule has 0 aliphatic carbocycles. The van der Waals surface area contributed by atoms with E-state index in [0.717, 1.165) is 0 Å². The summed E-state index contributed by atoms with van der Waals surface area (Å²) in [6.45, 7) is 3.53. The largest absolute Gasteiger partial charge is 0.385 e. The lowest BCUT2D eigenvalue weighted by Crippen LogP contribution is -2.19. The maximum absolute atomic E-state index is 11.5. The Hall–Kier alpha value is -1.16. The van der Waals surface area contributed by atoms with Crippen molar-refractivity contribution in [1.29, 1.82) is 0 Å². The molecule has 1 atom stereocenters. The lowest BCUT2D eigenvalue weighted by Gasteiger charge is -2.04. The minimum absolute atomic E-state index is 0.242. The Balaban J connectivity index is 2.94. The monoisotopic (exact) mass is 182 g/mol. The van der Waals surface area contributed by atoms with Crippen LogP contribution in [-0.2, 0) is 7.05 Å². The van der Waals surface area contributed by atoms with Crippen molar-refractivity contribution in [1.82, 2.24) is 9.78 Å². The van der Waals surface area contributed by atoms with Crippen LogP contribution in [0.25, 0.3) is 0 Å². The summed E-state index contributed by atoms with van der Waals surface area (Å²) in [5.41, 5.74) is 1.18. The van der Waals surface area contributed by atoms with Crippen LogP contribution in [0.5, 0.6) is 0 Å². The molecule has 0 saturated carbocycles. The molecular formula is C9H14N2O2. The highest BCUT2D eigenvalue weighted by atomic mass is 16.3. The fourth-order valence-corrected chi connectivity index (χ4v) is 1.21. The Morgan fingerprint density at radius 1 is 1.77 bits per heavy atom. The van der Waals surface area contributed by atoms with Gasteiger partial charge in [-0.3, -0.25) is 9.48 Å². The molecule has 0 aliphatic rings. The number of ketones is 1. The standard InChI is InChI=1S/C9H14N2O2/c1-4-8(12)9(13)7-5-11(3)10-6(7)2/h5,8,12H,4H2,1-3H3. The fraction of sp³-hybridized carbons (Fsp3) is 0.556. The molecule has 0 spiro atoms. The molecule has 1 aromatic heterocycles. The van der Waals surface area contributed by atoms with Crippen LogP contribution in [0.2, 0.25) is 0 Å². The second-order valence-corrected chi connectivity index (χ2v) is 3.09. The Morgan fingerprint density at radius 3 is 2.77 bits per heavy atom. The Morgan fingerprint density at radius 2 is 2.38 bits per heavy atom. The molecule has 0 saturated heterocycles. The van der Waals surface area contributed by atoms with Crippen molar-refractivity contribution < 1.29 is 9.90 Å². The Kier molecular flexibility index (Phi) is 2.83. The number of carbonyl (C=O) groups excluding carboxylic acids is 1. The van der Waals surface area contributed by atoms with E-state index in [1.165, 1.54) is 0 Å². The predicted octanol–water partition coefficient (Wildman–Crippen LogP) is 0.682. The van der Waals surface area contributed by atoms with Gasteiger partial charge in [-0.05, 0) is 13.3 Å². The number of hydrogen-bond donors (Lipinski definition) is 1. The van der Waals surface area contributed by atoms with E-state index >= 15 is 0 Å². The van der Waals surface area contributed by atoms with Gasteiger partial charge in [0.2, 0.25) is 0 Å². The van der Waals surface area contributed by atoms with Crippen molar-refractivity contribution in [2.75, 3.05) is 0 Å². The number of nitrogens with zero attached hydrogens (tertiary/aromatic N) is 2. The van der Waals surface area contributed by atoms with Gasteiger partial charge in [-0.15, -0.1) is 0 Å². The van der Waals surface area contributed by atoms with Crippen LogP contribution in [0.3, 0.4) is 0 Å².